The number of likely N-dealkylation sites (tertiary alicyclic amines) is 1. The maximum atomic E-state index is 12.3. The first-order chi connectivity index (χ1) is 9.24. The number of rotatable bonds is 1. The summed E-state index contributed by atoms with van der Waals surface area (Å²) in [6.07, 6.45) is 0.358. The summed E-state index contributed by atoms with van der Waals surface area (Å²) in [6.45, 7) is 3.32. The van der Waals surface area contributed by atoms with Crippen LogP contribution in [0.2, 0.25) is 0 Å². The number of imide groups is 1. The Hall–Kier alpha value is -2.12. The first-order valence-electron chi connectivity index (χ1n) is 6.37. The molecule has 2 fully saturated rings. The molecule has 110 valence electrons. The van der Waals surface area contributed by atoms with Crippen molar-refractivity contribution in [3.63, 3.8) is 0 Å². The molecule has 0 spiro atoms. The lowest BCUT2D eigenvalue weighted by molar-refractivity contribution is -0.147. The molecule has 0 saturated carbocycles. The summed E-state index contributed by atoms with van der Waals surface area (Å²) >= 11 is 0. The van der Waals surface area contributed by atoms with Crippen molar-refractivity contribution in [2.45, 2.75) is 26.3 Å². The van der Waals surface area contributed by atoms with Gasteiger partial charge in [-0.25, -0.2) is 4.79 Å². The Bertz CT molecular complexity index is 491. The lowest BCUT2D eigenvalue weighted by Gasteiger charge is -2.34. The first-order valence-corrected chi connectivity index (χ1v) is 6.37. The number of nitrogens with zero attached hydrogens (tertiary/aromatic N) is 2. The number of piperazine rings is 1. The molecule has 20 heavy (non-hydrogen) atoms. The van der Waals surface area contributed by atoms with E-state index in [1.807, 2.05) is 0 Å². The second kappa shape index (κ2) is 4.77. The van der Waals surface area contributed by atoms with Gasteiger partial charge in [0.15, 0.2) is 0 Å². The Balaban J connectivity index is 2.10. The molecule has 2 saturated heterocycles. The van der Waals surface area contributed by atoms with E-state index in [0.717, 1.165) is 0 Å². The molecule has 2 aliphatic heterocycles. The van der Waals surface area contributed by atoms with Gasteiger partial charge in [0.25, 0.3) is 0 Å². The molecule has 4 amide bonds. The molecule has 2 N–H and O–H groups in total. The maximum absolute atomic E-state index is 12.3. The van der Waals surface area contributed by atoms with E-state index >= 15 is 0 Å². The van der Waals surface area contributed by atoms with E-state index < -0.39 is 35.3 Å². The van der Waals surface area contributed by atoms with Crippen LogP contribution in [0.5, 0.6) is 0 Å². The lowest BCUT2D eigenvalue weighted by Crippen LogP contribution is -2.61. The van der Waals surface area contributed by atoms with Crippen LogP contribution in [-0.2, 0) is 14.4 Å². The number of amides is 4. The SMILES string of the molecule is CC1C(=O)NC(=O)CN1C(=O)N1CCC(C)(C(=O)O)C1. The van der Waals surface area contributed by atoms with Crippen molar-refractivity contribution in [2.75, 3.05) is 19.6 Å². The number of hydrogen-bond donors (Lipinski definition) is 2. The van der Waals surface area contributed by atoms with Crippen LogP contribution in [-0.4, -0.2) is 64.4 Å². The van der Waals surface area contributed by atoms with Crippen LogP contribution in [0, 0.1) is 5.41 Å². The van der Waals surface area contributed by atoms with Crippen LogP contribution < -0.4 is 5.32 Å². The highest BCUT2D eigenvalue weighted by Gasteiger charge is 2.45. The average Bonchev–Trinajstić information content (AvgIpc) is 2.77. The minimum atomic E-state index is -0.971. The quantitative estimate of drug-likeness (QED) is 0.616. The topological polar surface area (TPSA) is 107 Å². The van der Waals surface area contributed by atoms with Gasteiger partial charge in [0.05, 0.1) is 5.41 Å². The van der Waals surface area contributed by atoms with E-state index in [0.29, 0.717) is 13.0 Å². The fourth-order valence-electron chi connectivity index (χ4n) is 2.43. The van der Waals surface area contributed by atoms with Gasteiger partial charge in [0, 0.05) is 13.1 Å². The summed E-state index contributed by atoms with van der Waals surface area (Å²) in [4.78, 5) is 48.9. The Labute approximate surface area is 115 Å². The predicted molar refractivity (Wildman–Crippen MR) is 66.6 cm³/mol. The lowest BCUT2D eigenvalue weighted by atomic mass is 9.90. The summed E-state index contributed by atoms with van der Waals surface area (Å²) in [7, 11) is 0. The van der Waals surface area contributed by atoms with E-state index in [2.05, 4.69) is 5.32 Å². The number of urea groups is 1. The summed E-state index contributed by atoms with van der Waals surface area (Å²) in [6, 6.07) is -1.21. The van der Waals surface area contributed by atoms with Gasteiger partial charge in [0.1, 0.15) is 12.6 Å². The Morgan fingerprint density at radius 3 is 2.60 bits per heavy atom. The first kappa shape index (κ1) is 14.3. The molecule has 0 radical (unpaired) electrons. The van der Waals surface area contributed by atoms with E-state index in [1.165, 1.54) is 16.7 Å². The van der Waals surface area contributed by atoms with Gasteiger partial charge in [-0.1, -0.05) is 0 Å². The van der Waals surface area contributed by atoms with Crippen molar-refractivity contribution in [3.05, 3.63) is 0 Å². The second-order valence-electron chi connectivity index (χ2n) is 5.54. The predicted octanol–water partition coefficient (Wildman–Crippen LogP) is -0.750. The maximum Gasteiger partial charge on any atom is 0.321 e. The zero-order valence-corrected chi connectivity index (χ0v) is 11.4. The normalized spacial score (nSPS) is 30.4. The molecule has 2 atom stereocenters. The van der Waals surface area contributed by atoms with Gasteiger partial charge >= 0.3 is 12.0 Å². The van der Waals surface area contributed by atoms with E-state index in [-0.39, 0.29) is 13.1 Å². The zero-order chi connectivity index (χ0) is 15.1. The smallest absolute Gasteiger partial charge is 0.321 e. The number of carboxylic acid groups (broad SMARTS) is 1. The molecule has 2 aliphatic rings. The standard InChI is InChI=1S/C12H17N3O5/c1-7-9(17)13-8(16)5-15(7)11(20)14-4-3-12(2,6-14)10(18)19/h7H,3-6H2,1-2H3,(H,18,19)(H,13,16,17). The molecule has 8 nitrogen and oxygen atoms in total. The highest BCUT2D eigenvalue weighted by Crippen LogP contribution is 2.31. The molecule has 2 heterocycles. The van der Waals surface area contributed by atoms with Gasteiger partial charge in [-0.05, 0) is 20.3 Å². The van der Waals surface area contributed by atoms with Gasteiger partial charge < -0.3 is 14.9 Å². The molecule has 0 bridgehead atoms. The highest BCUT2D eigenvalue weighted by molar-refractivity contribution is 6.03. The van der Waals surface area contributed by atoms with Gasteiger partial charge in [-0.3, -0.25) is 19.7 Å². The number of carboxylic acids is 1. The number of nitrogens with one attached hydrogen (secondary N) is 1. The van der Waals surface area contributed by atoms with Gasteiger partial charge in [-0.2, -0.15) is 0 Å². The van der Waals surface area contributed by atoms with Crippen LogP contribution >= 0.6 is 0 Å². The number of aliphatic carboxylic acids is 1. The third kappa shape index (κ3) is 2.33. The molecule has 0 aromatic carbocycles. The van der Waals surface area contributed by atoms with Crippen molar-refractivity contribution in [3.8, 4) is 0 Å². The molecule has 2 unspecified atom stereocenters. The molecule has 8 heteroatoms. The van der Waals surface area contributed by atoms with Crippen molar-refractivity contribution in [1.82, 2.24) is 15.1 Å². The van der Waals surface area contributed by atoms with Gasteiger partial charge in [-0.15, -0.1) is 0 Å². The largest absolute Gasteiger partial charge is 0.481 e. The summed E-state index contributed by atoms with van der Waals surface area (Å²) in [5, 5.41) is 11.3. The number of carbonyl (C=O) groups excluding carboxylic acids is 3. The van der Waals surface area contributed by atoms with E-state index in [4.69, 9.17) is 5.11 Å². The number of hydrogen-bond acceptors (Lipinski definition) is 4. The Morgan fingerprint density at radius 1 is 1.40 bits per heavy atom. The van der Waals surface area contributed by atoms with Crippen molar-refractivity contribution in [1.29, 1.82) is 0 Å². The molecular formula is C12H17N3O5. The van der Waals surface area contributed by atoms with E-state index in [9.17, 15) is 19.2 Å². The van der Waals surface area contributed by atoms with Crippen LogP contribution in [0.25, 0.3) is 0 Å². The van der Waals surface area contributed by atoms with E-state index in [1.54, 1.807) is 6.92 Å². The average molecular weight is 283 g/mol. The highest BCUT2D eigenvalue weighted by atomic mass is 16.4. The second-order valence-corrected chi connectivity index (χ2v) is 5.54. The monoisotopic (exact) mass is 283 g/mol. The third-order valence-electron chi connectivity index (χ3n) is 3.93. The van der Waals surface area contributed by atoms with Gasteiger partial charge in [0.2, 0.25) is 11.8 Å². The van der Waals surface area contributed by atoms with Crippen LogP contribution in [0.3, 0.4) is 0 Å². The van der Waals surface area contributed by atoms with Crippen LogP contribution in [0.1, 0.15) is 20.3 Å². The molecule has 2 rings (SSSR count). The summed E-state index contributed by atoms with van der Waals surface area (Å²) < 4.78 is 0. The van der Waals surface area contributed by atoms with Crippen molar-refractivity contribution in [2.24, 2.45) is 5.41 Å². The van der Waals surface area contributed by atoms with Crippen molar-refractivity contribution < 1.29 is 24.3 Å². The fourth-order valence-corrected chi connectivity index (χ4v) is 2.43. The molecular weight excluding hydrogens is 266 g/mol. The molecule has 0 aliphatic carbocycles. The minimum Gasteiger partial charge on any atom is -0.481 e. The molecule has 0 aromatic heterocycles. The van der Waals surface area contributed by atoms with Crippen molar-refractivity contribution >= 4 is 23.8 Å². The molecule has 0 aromatic rings. The van der Waals surface area contributed by atoms with Crippen LogP contribution in [0.4, 0.5) is 4.79 Å². The van der Waals surface area contributed by atoms with Crippen LogP contribution in [0.15, 0.2) is 0 Å². The fraction of sp³-hybridized carbons (Fsp3) is 0.667. The minimum absolute atomic E-state index is 0.0835. The Morgan fingerprint density at radius 2 is 2.05 bits per heavy atom. The zero-order valence-electron chi connectivity index (χ0n) is 11.4. The summed E-state index contributed by atoms with van der Waals surface area (Å²) in [5.41, 5.74) is -0.971. The Kier molecular flexibility index (Phi) is 3.41. The summed E-state index contributed by atoms with van der Waals surface area (Å²) in [5.74, 6) is -2.00. The third-order valence-corrected chi connectivity index (χ3v) is 3.93. The number of carbonyl (C=O) groups is 4.